The predicted molar refractivity (Wildman–Crippen MR) is 128 cm³/mol. The highest BCUT2D eigenvalue weighted by atomic mass is 32.1. The monoisotopic (exact) mass is 464 g/mol. The Morgan fingerprint density at radius 2 is 1.81 bits per heavy atom. The highest BCUT2D eigenvalue weighted by Gasteiger charge is 2.23. The van der Waals surface area contributed by atoms with Gasteiger partial charge in [0.25, 0.3) is 5.91 Å². The van der Waals surface area contributed by atoms with E-state index in [0.717, 1.165) is 59.7 Å². The number of ether oxygens (including phenoxy) is 1. The molecule has 0 N–H and O–H groups in total. The van der Waals surface area contributed by atoms with Gasteiger partial charge in [-0.05, 0) is 43.3 Å². The number of aromatic nitrogens is 2. The normalized spacial score (nSPS) is 14.7. The summed E-state index contributed by atoms with van der Waals surface area (Å²) in [6.07, 6.45) is 0. The van der Waals surface area contributed by atoms with Crippen molar-refractivity contribution < 1.29 is 9.53 Å². The highest BCUT2D eigenvalue weighted by molar-refractivity contribution is 7.18. The first kappa shape index (κ1) is 21.1. The maximum atomic E-state index is 12.9. The van der Waals surface area contributed by atoms with E-state index in [1.54, 1.807) is 22.7 Å². The molecule has 1 fully saturated rings. The molecular weight excluding hydrogens is 440 g/mol. The molecule has 6 nitrogen and oxygen atoms in total. The fourth-order valence-electron chi connectivity index (χ4n) is 3.80. The number of benzene rings is 2. The summed E-state index contributed by atoms with van der Waals surface area (Å²) in [6, 6.07) is 15.7. The fourth-order valence-corrected chi connectivity index (χ4v) is 5.40. The predicted octanol–water partition coefficient (Wildman–Crippen LogP) is 4.60. The Hall–Kier alpha value is -2.81. The van der Waals surface area contributed by atoms with Gasteiger partial charge in [-0.25, -0.2) is 9.97 Å². The SMILES string of the molecule is Cc1nc(COc2ccc(C(=O)N3CCN(Cc4nc5ccccc5s4)CC3)cc2)cs1. The lowest BCUT2D eigenvalue weighted by Gasteiger charge is -2.34. The minimum atomic E-state index is 0.0753. The van der Waals surface area contributed by atoms with Gasteiger partial charge >= 0.3 is 0 Å². The summed E-state index contributed by atoms with van der Waals surface area (Å²) >= 11 is 3.37. The molecule has 0 bridgehead atoms. The number of thiazole rings is 2. The molecule has 0 aliphatic carbocycles. The minimum absolute atomic E-state index is 0.0753. The van der Waals surface area contributed by atoms with Crippen LogP contribution in [0.3, 0.4) is 0 Å². The van der Waals surface area contributed by atoms with Crippen LogP contribution in [0, 0.1) is 6.92 Å². The molecule has 5 rings (SSSR count). The van der Waals surface area contributed by atoms with Gasteiger partial charge in [-0.1, -0.05) is 12.1 Å². The number of fused-ring (bicyclic) bond motifs is 1. The molecule has 2 aromatic heterocycles. The summed E-state index contributed by atoms with van der Waals surface area (Å²) in [5.74, 6) is 0.819. The van der Waals surface area contributed by atoms with Crippen LogP contribution < -0.4 is 4.74 Å². The molecule has 4 aromatic rings. The molecule has 1 aliphatic rings. The van der Waals surface area contributed by atoms with Gasteiger partial charge in [0.1, 0.15) is 17.4 Å². The molecular formula is C24H24N4O2S2. The van der Waals surface area contributed by atoms with Crippen molar-refractivity contribution in [2.75, 3.05) is 26.2 Å². The second kappa shape index (κ2) is 9.36. The van der Waals surface area contributed by atoms with Crippen LogP contribution in [0.25, 0.3) is 10.2 Å². The van der Waals surface area contributed by atoms with Crippen LogP contribution in [0.2, 0.25) is 0 Å². The van der Waals surface area contributed by atoms with E-state index in [1.165, 1.54) is 4.70 Å². The Morgan fingerprint density at radius 3 is 2.53 bits per heavy atom. The number of hydrogen-bond acceptors (Lipinski definition) is 7. The van der Waals surface area contributed by atoms with Crippen molar-refractivity contribution >= 4 is 38.8 Å². The number of carbonyl (C=O) groups is 1. The second-order valence-electron chi connectivity index (χ2n) is 7.81. The van der Waals surface area contributed by atoms with Gasteiger partial charge in [0, 0.05) is 37.1 Å². The van der Waals surface area contributed by atoms with Crippen molar-refractivity contribution in [1.29, 1.82) is 0 Å². The van der Waals surface area contributed by atoms with Gasteiger partial charge < -0.3 is 9.64 Å². The van der Waals surface area contributed by atoms with E-state index in [9.17, 15) is 4.79 Å². The van der Waals surface area contributed by atoms with Crippen molar-refractivity contribution in [2.45, 2.75) is 20.1 Å². The van der Waals surface area contributed by atoms with Crippen molar-refractivity contribution in [3.8, 4) is 5.75 Å². The molecule has 8 heteroatoms. The first-order valence-electron chi connectivity index (χ1n) is 10.6. The van der Waals surface area contributed by atoms with Crippen LogP contribution in [-0.2, 0) is 13.2 Å². The number of rotatable bonds is 6. The number of piperazine rings is 1. The molecule has 1 aliphatic heterocycles. The van der Waals surface area contributed by atoms with E-state index in [2.05, 4.69) is 28.1 Å². The van der Waals surface area contributed by atoms with Crippen LogP contribution in [0.5, 0.6) is 5.75 Å². The van der Waals surface area contributed by atoms with Gasteiger partial charge in [-0.15, -0.1) is 22.7 Å². The summed E-state index contributed by atoms with van der Waals surface area (Å²) in [5, 5.41) is 4.17. The van der Waals surface area contributed by atoms with Crippen LogP contribution in [-0.4, -0.2) is 51.9 Å². The van der Waals surface area contributed by atoms with E-state index < -0.39 is 0 Å². The van der Waals surface area contributed by atoms with Crippen LogP contribution >= 0.6 is 22.7 Å². The molecule has 0 radical (unpaired) electrons. The van der Waals surface area contributed by atoms with Gasteiger partial charge in [0.05, 0.1) is 27.5 Å². The summed E-state index contributed by atoms with van der Waals surface area (Å²) in [7, 11) is 0. The third kappa shape index (κ3) is 4.82. The quantitative estimate of drug-likeness (QED) is 0.417. The number of carbonyl (C=O) groups excluding carboxylic acids is 1. The Balaban J connectivity index is 1.12. The lowest BCUT2D eigenvalue weighted by atomic mass is 10.1. The average molecular weight is 465 g/mol. The molecule has 1 amide bonds. The summed E-state index contributed by atoms with van der Waals surface area (Å²) in [6.45, 7) is 6.43. The van der Waals surface area contributed by atoms with E-state index in [-0.39, 0.29) is 5.91 Å². The zero-order valence-corrected chi connectivity index (χ0v) is 19.5. The topological polar surface area (TPSA) is 58.6 Å². The van der Waals surface area contributed by atoms with Gasteiger partial charge in [-0.2, -0.15) is 0 Å². The maximum Gasteiger partial charge on any atom is 0.253 e. The standard InChI is InChI=1S/C24H24N4O2S2/c1-17-25-19(16-31-17)15-30-20-8-6-18(7-9-20)24(29)28-12-10-27(11-13-28)14-23-26-21-4-2-3-5-22(21)32-23/h2-9,16H,10-15H2,1H3. The molecule has 1 saturated heterocycles. The number of hydrogen-bond donors (Lipinski definition) is 0. The molecule has 32 heavy (non-hydrogen) atoms. The largest absolute Gasteiger partial charge is 0.487 e. The van der Waals surface area contributed by atoms with Crippen LogP contribution in [0.4, 0.5) is 0 Å². The summed E-state index contributed by atoms with van der Waals surface area (Å²) < 4.78 is 7.01. The first-order chi connectivity index (χ1) is 15.6. The van der Waals surface area contributed by atoms with E-state index in [1.807, 2.05) is 47.5 Å². The van der Waals surface area contributed by atoms with E-state index >= 15 is 0 Å². The summed E-state index contributed by atoms with van der Waals surface area (Å²) in [5.41, 5.74) is 2.69. The second-order valence-corrected chi connectivity index (χ2v) is 9.99. The van der Waals surface area contributed by atoms with Gasteiger partial charge in [-0.3, -0.25) is 9.69 Å². The lowest BCUT2D eigenvalue weighted by molar-refractivity contribution is 0.0628. The molecule has 2 aromatic carbocycles. The van der Waals surface area contributed by atoms with Crippen LogP contribution in [0.1, 0.15) is 26.1 Å². The number of para-hydroxylation sites is 1. The van der Waals surface area contributed by atoms with Gasteiger partial charge in [0.2, 0.25) is 0 Å². The first-order valence-corrected chi connectivity index (χ1v) is 12.3. The fraction of sp³-hybridized carbons (Fsp3) is 0.292. The van der Waals surface area contributed by atoms with Crippen molar-refractivity contribution in [1.82, 2.24) is 19.8 Å². The molecule has 3 heterocycles. The molecule has 0 atom stereocenters. The summed E-state index contributed by atoms with van der Waals surface area (Å²) in [4.78, 5) is 26.4. The van der Waals surface area contributed by atoms with Crippen LogP contribution in [0.15, 0.2) is 53.9 Å². The molecule has 164 valence electrons. The van der Waals surface area contributed by atoms with Crippen molar-refractivity contribution in [3.63, 3.8) is 0 Å². The Kier molecular flexibility index (Phi) is 6.16. The minimum Gasteiger partial charge on any atom is -0.487 e. The molecule has 0 spiro atoms. The lowest BCUT2D eigenvalue weighted by Crippen LogP contribution is -2.48. The Bertz CT molecular complexity index is 1180. The van der Waals surface area contributed by atoms with Crippen molar-refractivity contribution in [3.05, 3.63) is 75.2 Å². The highest BCUT2D eigenvalue weighted by Crippen LogP contribution is 2.23. The smallest absolute Gasteiger partial charge is 0.253 e. The number of nitrogens with zero attached hydrogens (tertiary/aromatic N) is 4. The van der Waals surface area contributed by atoms with E-state index in [0.29, 0.717) is 12.2 Å². The van der Waals surface area contributed by atoms with Gasteiger partial charge in [0.15, 0.2) is 0 Å². The van der Waals surface area contributed by atoms with Crippen molar-refractivity contribution in [2.24, 2.45) is 0 Å². The Labute approximate surface area is 195 Å². The average Bonchev–Trinajstić information content (AvgIpc) is 3.43. The third-order valence-corrected chi connectivity index (χ3v) is 7.35. The number of aryl methyl sites for hydroxylation is 1. The molecule has 0 unspecified atom stereocenters. The van der Waals surface area contributed by atoms with E-state index in [4.69, 9.17) is 9.72 Å². The maximum absolute atomic E-state index is 12.9. The Morgan fingerprint density at radius 1 is 1.03 bits per heavy atom. The molecule has 0 saturated carbocycles. The third-order valence-electron chi connectivity index (χ3n) is 5.51. The zero-order chi connectivity index (χ0) is 21.9. The number of amides is 1. The zero-order valence-electron chi connectivity index (χ0n) is 17.9.